The summed E-state index contributed by atoms with van der Waals surface area (Å²) in [6.07, 6.45) is 0. The summed E-state index contributed by atoms with van der Waals surface area (Å²) in [5.41, 5.74) is -1.48. The molecule has 0 N–H and O–H groups in total. The second-order valence-electron chi connectivity index (χ2n) is 2.45. The molecule has 1 rings (SSSR count). The quantitative estimate of drug-likeness (QED) is 0.420. The van der Waals surface area contributed by atoms with Crippen LogP contribution in [-0.4, -0.2) is 4.92 Å². The molecule has 0 amide bonds. The minimum atomic E-state index is -1.40. The van der Waals surface area contributed by atoms with E-state index in [1.165, 1.54) is 0 Å². The average Bonchev–Trinajstić information content (AvgIpc) is 2.10. The molecule has 0 saturated carbocycles. The molecule has 74 valence electrons. The van der Waals surface area contributed by atoms with Crippen molar-refractivity contribution in [1.29, 1.82) is 0 Å². The Morgan fingerprint density at radius 3 is 2.21 bits per heavy atom. The van der Waals surface area contributed by atoms with Gasteiger partial charge in [0.15, 0.2) is 11.6 Å². The number of hydrogen-bond acceptors (Lipinski definition) is 2. The van der Waals surface area contributed by atoms with E-state index in [2.05, 4.69) is 6.58 Å². The highest BCUT2D eigenvalue weighted by molar-refractivity contribution is 5.56. The Morgan fingerprint density at radius 1 is 1.21 bits per heavy atom. The highest BCUT2D eigenvalue weighted by Crippen LogP contribution is 2.20. The first-order valence-corrected chi connectivity index (χ1v) is 3.41. The zero-order valence-electron chi connectivity index (χ0n) is 6.76. The number of nitro groups is 1. The highest BCUT2D eigenvalue weighted by atomic mass is 19.2. The van der Waals surface area contributed by atoms with Crippen LogP contribution in [-0.2, 0) is 0 Å². The van der Waals surface area contributed by atoms with E-state index in [0.29, 0.717) is 6.07 Å². The van der Waals surface area contributed by atoms with Gasteiger partial charge in [0.2, 0.25) is 0 Å². The van der Waals surface area contributed by atoms with Gasteiger partial charge in [0.05, 0.1) is 10.5 Å². The van der Waals surface area contributed by atoms with E-state index in [-0.39, 0.29) is 6.07 Å². The molecule has 3 nitrogen and oxygen atoms in total. The van der Waals surface area contributed by atoms with Crippen molar-refractivity contribution in [3.8, 4) is 0 Å². The summed E-state index contributed by atoms with van der Waals surface area (Å²) in [5.74, 6) is -3.97. The van der Waals surface area contributed by atoms with Gasteiger partial charge in [-0.2, -0.15) is 0 Å². The lowest BCUT2D eigenvalue weighted by atomic mass is 10.1. The van der Waals surface area contributed by atoms with Crippen LogP contribution in [0.3, 0.4) is 0 Å². The Bertz CT molecular complexity index is 417. The largest absolute Gasteiger partial charge is 0.272 e. The second-order valence-corrected chi connectivity index (χ2v) is 2.45. The van der Waals surface area contributed by atoms with Crippen molar-refractivity contribution >= 4 is 5.70 Å². The van der Waals surface area contributed by atoms with Crippen molar-refractivity contribution in [1.82, 2.24) is 0 Å². The third-order valence-corrected chi connectivity index (χ3v) is 1.54. The molecule has 0 unspecified atom stereocenters. The predicted octanol–water partition coefficient (Wildman–Crippen LogP) is 2.35. The summed E-state index contributed by atoms with van der Waals surface area (Å²) in [4.78, 5) is 9.19. The zero-order chi connectivity index (χ0) is 10.9. The van der Waals surface area contributed by atoms with E-state index in [1.807, 2.05) is 0 Å². The molecule has 1 aromatic carbocycles. The van der Waals surface area contributed by atoms with Crippen molar-refractivity contribution in [3.05, 3.63) is 51.8 Å². The van der Waals surface area contributed by atoms with Crippen LogP contribution in [0.4, 0.5) is 13.2 Å². The summed E-state index contributed by atoms with van der Waals surface area (Å²) < 4.78 is 37.9. The minimum absolute atomic E-state index is 0.235. The molecule has 0 fully saturated rings. The van der Waals surface area contributed by atoms with E-state index in [9.17, 15) is 23.3 Å². The number of nitrogens with zero attached hydrogens (tertiary/aromatic N) is 1. The van der Waals surface area contributed by atoms with Crippen LogP contribution < -0.4 is 0 Å². The van der Waals surface area contributed by atoms with Gasteiger partial charge < -0.3 is 0 Å². The number of hydrogen-bond donors (Lipinski definition) is 0. The molecular formula is C8H4F3NO2. The van der Waals surface area contributed by atoms with E-state index in [0.717, 1.165) is 0 Å². The van der Waals surface area contributed by atoms with Gasteiger partial charge in [-0.05, 0) is 12.6 Å². The molecule has 0 aromatic heterocycles. The SMILES string of the molecule is C=C(c1cc(F)c(F)cc1F)[N+](=O)[O-]. The normalized spacial score (nSPS) is 9.93. The van der Waals surface area contributed by atoms with Gasteiger partial charge in [0, 0.05) is 6.07 Å². The minimum Gasteiger partial charge on any atom is -0.258 e. The highest BCUT2D eigenvalue weighted by Gasteiger charge is 2.19. The summed E-state index contributed by atoms with van der Waals surface area (Å²) in [5, 5.41) is 10.2. The van der Waals surface area contributed by atoms with Crippen LogP contribution in [0.5, 0.6) is 0 Å². The van der Waals surface area contributed by atoms with Gasteiger partial charge in [-0.3, -0.25) is 10.1 Å². The molecule has 0 aliphatic heterocycles. The van der Waals surface area contributed by atoms with Crippen LogP contribution in [0.15, 0.2) is 18.7 Å². The maximum atomic E-state index is 12.9. The Morgan fingerprint density at radius 2 is 1.71 bits per heavy atom. The first-order valence-electron chi connectivity index (χ1n) is 3.41. The third kappa shape index (κ3) is 1.73. The molecule has 14 heavy (non-hydrogen) atoms. The molecule has 0 bridgehead atoms. The van der Waals surface area contributed by atoms with Crippen molar-refractivity contribution in [2.45, 2.75) is 0 Å². The van der Waals surface area contributed by atoms with Gasteiger partial charge in [0.25, 0.3) is 5.70 Å². The predicted molar refractivity (Wildman–Crippen MR) is 42.3 cm³/mol. The van der Waals surface area contributed by atoms with E-state index < -0.39 is 33.6 Å². The molecule has 0 radical (unpaired) electrons. The van der Waals surface area contributed by atoms with Crippen molar-refractivity contribution in [3.63, 3.8) is 0 Å². The topological polar surface area (TPSA) is 43.1 Å². The Balaban J connectivity index is 3.29. The Labute approximate surface area is 76.6 Å². The van der Waals surface area contributed by atoms with Crippen LogP contribution in [0, 0.1) is 27.6 Å². The molecule has 0 atom stereocenters. The van der Waals surface area contributed by atoms with Gasteiger partial charge in [-0.1, -0.05) is 0 Å². The summed E-state index contributed by atoms with van der Waals surface area (Å²) in [6.45, 7) is 2.93. The van der Waals surface area contributed by atoms with Crippen molar-refractivity contribution in [2.24, 2.45) is 0 Å². The number of halogens is 3. The lowest BCUT2D eigenvalue weighted by Gasteiger charge is -2.00. The van der Waals surface area contributed by atoms with Crippen LogP contribution in [0.1, 0.15) is 5.56 Å². The lowest BCUT2D eigenvalue weighted by molar-refractivity contribution is -0.375. The Kier molecular flexibility index (Phi) is 2.55. The van der Waals surface area contributed by atoms with Gasteiger partial charge >= 0.3 is 0 Å². The van der Waals surface area contributed by atoms with Crippen molar-refractivity contribution < 1.29 is 18.1 Å². The third-order valence-electron chi connectivity index (χ3n) is 1.54. The maximum Gasteiger partial charge on any atom is 0.272 e. The van der Waals surface area contributed by atoms with Gasteiger partial charge in [0.1, 0.15) is 5.82 Å². The first-order chi connectivity index (χ1) is 6.43. The fourth-order valence-electron chi connectivity index (χ4n) is 0.842. The van der Waals surface area contributed by atoms with Crippen LogP contribution in [0.25, 0.3) is 5.70 Å². The monoisotopic (exact) mass is 203 g/mol. The molecule has 0 saturated heterocycles. The number of rotatable bonds is 2. The van der Waals surface area contributed by atoms with Gasteiger partial charge in [-0.15, -0.1) is 0 Å². The number of benzene rings is 1. The van der Waals surface area contributed by atoms with Crippen LogP contribution in [0.2, 0.25) is 0 Å². The van der Waals surface area contributed by atoms with Crippen LogP contribution >= 0.6 is 0 Å². The molecule has 1 aromatic rings. The molecule has 0 spiro atoms. The Hall–Kier alpha value is -1.85. The molecule has 0 aliphatic rings. The fraction of sp³-hybridized carbons (Fsp3) is 0. The smallest absolute Gasteiger partial charge is 0.258 e. The summed E-state index contributed by atoms with van der Waals surface area (Å²) in [6, 6.07) is 0.634. The molecule has 0 aliphatic carbocycles. The van der Waals surface area contributed by atoms with E-state index in [4.69, 9.17) is 0 Å². The standard InChI is InChI=1S/C8H4F3NO2/c1-4(12(13)14)5-2-7(10)8(11)3-6(5)9/h2-3H,1H2. The molecule has 0 heterocycles. The van der Waals surface area contributed by atoms with Crippen molar-refractivity contribution in [2.75, 3.05) is 0 Å². The van der Waals surface area contributed by atoms with Gasteiger partial charge in [-0.25, -0.2) is 13.2 Å². The first kappa shape index (κ1) is 10.2. The zero-order valence-corrected chi connectivity index (χ0v) is 6.76. The summed E-state index contributed by atoms with van der Waals surface area (Å²) in [7, 11) is 0. The lowest BCUT2D eigenvalue weighted by Crippen LogP contribution is -2.01. The van der Waals surface area contributed by atoms with E-state index >= 15 is 0 Å². The van der Waals surface area contributed by atoms with E-state index in [1.54, 1.807) is 0 Å². The maximum absolute atomic E-state index is 12.9. The molecule has 6 heteroatoms. The summed E-state index contributed by atoms with van der Waals surface area (Å²) >= 11 is 0. The second kappa shape index (κ2) is 3.49. The molecular weight excluding hydrogens is 199 g/mol. The fourth-order valence-corrected chi connectivity index (χ4v) is 0.842. The average molecular weight is 203 g/mol.